The van der Waals surface area contributed by atoms with Crippen LogP contribution in [0.3, 0.4) is 0 Å². The second-order valence-electron chi connectivity index (χ2n) is 6.33. The fourth-order valence-electron chi connectivity index (χ4n) is 3.84. The van der Waals surface area contributed by atoms with Crippen LogP contribution in [0.15, 0.2) is 10.5 Å². The molecule has 0 radical (unpaired) electrons. The van der Waals surface area contributed by atoms with Gasteiger partial charge in [0.05, 0.1) is 0 Å². The molecule has 0 aromatic carbocycles. The molecule has 1 aromatic rings. The van der Waals surface area contributed by atoms with E-state index in [0.29, 0.717) is 0 Å². The third kappa shape index (κ3) is 2.75. The van der Waals surface area contributed by atoms with Crippen molar-refractivity contribution in [1.29, 1.82) is 0 Å². The van der Waals surface area contributed by atoms with Crippen molar-refractivity contribution in [2.75, 3.05) is 13.1 Å². The van der Waals surface area contributed by atoms with E-state index in [2.05, 4.69) is 4.90 Å². The van der Waals surface area contributed by atoms with E-state index < -0.39 is 5.97 Å². The molecule has 3 rings (SSSR count). The predicted octanol–water partition coefficient (Wildman–Crippen LogP) is 3.30. The molecule has 0 bridgehead atoms. The van der Waals surface area contributed by atoms with E-state index in [-0.39, 0.29) is 5.76 Å². The lowest BCUT2D eigenvalue weighted by atomic mass is 9.75. The normalized spacial score (nSPS) is 27.2. The van der Waals surface area contributed by atoms with Crippen molar-refractivity contribution in [3.63, 3.8) is 0 Å². The summed E-state index contributed by atoms with van der Waals surface area (Å²) in [7, 11) is 0. The number of carboxylic acids is 1. The number of aryl methyl sites for hydroxylation is 1. The van der Waals surface area contributed by atoms with Gasteiger partial charge in [-0.3, -0.25) is 4.90 Å². The van der Waals surface area contributed by atoms with Crippen molar-refractivity contribution >= 4 is 5.97 Å². The summed E-state index contributed by atoms with van der Waals surface area (Å²) in [4.78, 5) is 13.4. The van der Waals surface area contributed by atoms with Gasteiger partial charge in [-0.15, -0.1) is 0 Å². The number of likely N-dealkylation sites (tertiary alicyclic amines) is 1. The zero-order valence-electron chi connectivity index (χ0n) is 12.1. The fourth-order valence-corrected chi connectivity index (χ4v) is 3.84. The number of aromatic carboxylic acids is 1. The smallest absolute Gasteiger partial charge is 0.371 e. The number of hydrogen-bond donors (Lipinski definition) is 1. The van der Waals surface area contributed by atoms with Crippen LogP contribution in [0.1, 0.15) is 54.0 Å². The monoisotopic (exact) mass is 277 g/mol. The lowest BCUT2D eigenvalue weighted by molar-refractivity contribution is 0.0661. The van der Waals surface area contributed by atoms with Gasteiger partial charge in [0.2, 0.25) is 5.76 Å². The van der Waals surface area contributed by atoms with Crippen LogP contribution in [-0.4, -0.2) is 29.1 Å². The van der Waals surface area contributed by atoms with Gasteiger partial charge in [-0.25, -0.2) is 4.79 Å². The van der Waals surface area contributed by atoms with Gasteiger partial charge in [0, 0.05) is 18.7 Å². The number of carboxylic acid groups (broad SMARTS) is 1. The number of rotatable bonds is 3. The quantitative estimate of drug-likeness (QED) is 0.921. The third-order valence-electron chi connectivity index (χ3n) is 5.00. The molecule has 4 heteroatoms. The van der Waals surface area contributed by atoms with Crippen LogP contribution in [0.2, 0.25) is 0 Å². The fraction of sp³-hybridized carbons (Fsp3) is 0.688. The van der Waals surface area contributed by atoms with E-state index in [1.54, 1.807) is 6.07 Å². The maximum absolute atomic E-state index is 10.9. The summed E-state index contributed by atoms with van der Waals surface area (Å²) < 4.78 is 5.30. The predicted molar refractivity (Wildman–Crippen MR) is 75.7 cm³/mol. The number of fused-ring (bicyclic) bond motifs is 1. The average molecular weight is 277 g/mol. The Bertz CT molecular complexity index is 494. The highest BCUT2D eigenvalue weighted by Crippen LogP contribution is 2.36. The number of carbonyl (C=O) groups is 1. The van der Waals surface area contributed by atoms with Crippen LogP contribution < -0.4 is 0 Å². The summed E-state index contributed by atoms with van der Waals surface area (Å²) in [5, 5.41) is 8.98. The molecule has 2 unspecified atom stereocenters. The van der Waals surface area contributed by atoms with Crippen LogP contribution in [-0.2, 0) is 6.54 Å². The van der Waals surface area contributed by atoms with Gasteiger partial charge in [0.25, 0.3) is 0 Å². The van der Waals surface area contributed by atoms with Crippen molar-refractivity contribution in [1.82, 2.24) is 4.90 Å². The molecule has 1 aromatic heterocycles. The van der Waals surface area contributed by atoms with E-state index in [1.165, 1.54) is 32.1 Å². The van der Waals surface area contributed by atoms with Crippen molar-refractivity contribution in [2.24, 2.45) is 11.8 Å². The molecule has 1 N–H and O–H groups in total. The first-order valence-electron chi connectivity index (χ1n) is 7.68. The van der Waals surface area contributed by atoms with Crippen LogP contribution in [0, 0.1) is 18.8 Å². The summed E-state index contributed by atoms with van der Waals surface area (Å²) in [5.74, 6) is 1.60. The molecule has 1 aliphatic carbocycles. The minimum absolute atomic E-state index is 0.0602. The number of nitrogens with zero attached hydrogens (tertiary/aromatic N) is 1. The Morgan fingerprint density at radius 3 is 2.80 bits per heavy atom. The molecular formula is C16H23NO3. The maximum atomic E-state index is 10.9. The molecule has 1 saturated carbocycles. The Kier molecular flexibility index (Phi) is 3.83. The molecular weight excluding hydrogens is 254 g/mol. The third-order valence-corrected chi connectivity index (χ3v) is 5.00. The molecule has 2 atom stereocenters. The van der Waals surface area contributed by atoms with Gasteiger partial charge in [0.15, 0.2) is 0 Å². The minimum Gasteiger partial charge on any atom is -0.475 e. The number of hydrogen-bond acceptors (Lipinski definition) is 3. The van der Waals surface area contributed by atoms with Crippen LogP contribution >= 0.6 is 0 Å². The van der Waals surface area contributed by atoms with Crippen molar-refractivity contribution in [3.05, 3.63) is 23.2 Å². The summed E-state index contributed by atoms with van der Waals surface area (Å²) in [6.07, 6.45) is 6.86. The average Bonchev–Trinajstić information content (AvgIpc) is 2.80. The van der Waals surface area contributed by atoms with Crippen LogP contribution in [0.4, 0.5) is 0 Å². The lowest BCUT2D eigenvalue weighted by Gasteiger charge is -2.41. The van der Waals surface area contributed by atoms with Crippen molar-refractivity contribution in [2.45, 2.75) is 45.6 Å². The second kappa shape index (κ2) is 5.60. The van der Waals surface area contributed by atoms with Crippen LogP contribution in [0.25, 0.3) is 0 Å². The molecule has 2 heterocycles. The Morgan fingerprint density at radius 2 is 2.10 bits per heavy atom. The van der Waals surface area contributed by atoms with Gasteiger partial charge < -0.3 is 9.52 Å². The van der Waals surface area contributed by atoms with Crippen molar-refractivity contribution in [3.8, 4) is 0 Å². The van der Waals surface area contributed by atoms with Gasteiger partial charge in [0.1, 0.15) is 5.76 Å². The Hall–Kier alpha value is -1.29. The largest absolute Gasteiger partial charge is 0.475 e. The first-order chi connectivity index (χ1) is 9.63. The summed E-state index contributed by atoms with van der Waals surface area (Å²) >= 11 is 0. The summed E-state index contributed by atoms with van der Waals surface area (Å²) in [6.45, 7) is 4.98. The Morgan fingerprint density at radius 1 is 1.35 bits per heavy atom. The van der Waals surface area contributed by atoms with Gasteiger partial charge in [-0.05, 0) is 44.2 Å². The van der Waals surface area contributed by atoms with E-state index in [4.69, 9.17) is 9.52 Å². The Balaban J connectivity index is 1.64. The van der Waals surface area contributed by atoms with Gasteiger partial charge >= 0.3 is 5.97 Å². The van der Waals surface area contributed by atoms with Crippen molar-refractivity contribution < 1.29 is 14.3 Å². The molecule has 0 amide bonds. The summed E-state index contributed by atoms with van der Waals surface area (Å²) in [6, 6.07) is 1.69. The molecule has 0 spiro atoms. The summed E-state index contributed by atoms with van der Waals surface area (Å²) in [5.41, 5.74) is 1.02. The first kappa shape index (κ1) is 13.7. The molecule has 1 saturated heterocycles. The van der Waals surface area contributed by atoms with E-state index >= 15 is 0 Å². The molecule has 1 aliphatic heterocycles. The molecule has 4 nitrogen and oxygen atoms in total. The van der Waals surface area contributed by atoms with Crippen LogP contribution in [0.5, 0.6) is 0 Å². The topological polar surface area (TPSA) is 53.7 Å². The Labute approximate surface area is 119 Å². The second-order valence-corrected chi connectivity index (χ2v) is 6.33. The maximum Gasteiger partial charge on any atom is 0.371 e. The first-order valence-corrected chi connectivity index (χ1v) is 7.68. The molecule has 110 valence electrons. The molecule has 2 aliphatic rings. The number of piperidine rings is 1. The molecule has 20 heavy (non-hydrogen) atoms. The highest BCUT2D eigenvalue weighted by Gasteiger charge is 2.31. The van der Waals surface area contributed by atoms with E-state index in [9.17, 15) is 4.79 Å². The molecule has 2 fully saturated rings. The standard InChI is InChI=1S/C16H23NO3/c1-11-14(8-15(20-11)16(18)19)10-17-7-6-12-4-2-3-5-13(12)9-17/h8,12-13H,2-7,9-10H2,1H3,(H,18,19). The van der Waals surface area contributed by atoms with Gasteiger partial charge in [-0.2, -0.15) is 0 Å². The zero-order valence-corrected chi connectivity index (χ0v) is 12.1. The van der Waals surface area contributed by atoms with Gasteiger partial charge in [-0.1, -0.05) is 19.3 Å². The minimum atomic E-state index is -0.981. The SMILES string of the molecule is Cc1oc(C(=O)O)cc1CN1CCC2CCCCC2C1. The number of furan rings is 1. The zero-order chi connectivity index (χ0) is 14.1. The lowest BCUT2D eigenvalue weighted by Crippen LogP contribution is -2.41. The van der Waals surface area contributed by atoms with E-state index in [0.717, 1.165) is 42.8 Å². The highest BCUT2D eigenvalue weighted by molar-refractivity contribution is 5.84. The highest BCUT2D eigenvalue weighted by atomic mass is 16.4. The van der Waals surface area contributed by atoms with E-state index in [1.807, 2.05) is 6.92 Å².